The van der Waals surface area contributed by atoms with Crippen LogP contribution in [0.4, 0.5) is 5.69 Å². The van der Waals surface area contributed by atoms with Crippen LogP contribution in [0, 0.1) is 0 Å². The van der Waals surface area contributed by atoms with Crippen LogP contribution in [0.5, 0.6) is 0 Å². The number of hydrogen-bond donors (Lipinski definition) is 2. The van der Waals surface area contributed by atoms with Crippen molar-refractivity contribution in [3.63, 3.8) is 0 Å². The maximum atomic E-state index is 12.4. The Kier molecular flexibility index (Phi) is 5.04. The molecule has 6 heteroatoms. The van der Waals surface area contributed by atoms with Crippen molar-refractivity contribution in [2.45, 2.75) is 6.61 Å². The van der Waals surface area contributed by atoms with Gasteiger partial charge in [0, 0.05) is 10.0 Å². The zero-order chi connectivity index (χ0) is 17.1. The molecular weight excluding hydrogens is 394 g/mol. The van der Waals surface area contributed by atoms with Crippen molar-refractivity contribution >= 4 is 39.1 Å². The molecule has 3 rings (SSSR count). The number of carbonyl (C=O) groups is 1. The number of halogens is 2. The molecule has 0 aliphatic rings. The Morgan fingerprint density at radius 1 is 1.17 bits per heavy atom. The molecule has 0 unspecified atom stereocenters. The van der Waals surface area contributed by atoms with Crippen LogP contribution < -0.4 is 5.32 Å². The summed E-state index contributed by atoms with van der Waals surface area (Å²) in [5.74, 6) is 0.794. The minimum absolute atomic E-state index is 0.167. The van der Waals surface area contributed by atoms with Gasteiger partial charge in [-0.25, -0.2) is 0 Å². The van der Waals surface area contributed by atoms with Crippen molar-refractivity contribution in [3.8, 4) is 11.3 Å². The van der Waals surface area contributed by atoms with Crippen molar-refractivity contribution in [1.29, 1.82) is 0 Å². The monoisotopic (exact) mass is 405 g/mol. The molecule has 0 radical (unpaired) electrons. The molecule has 0 bridgehead atoms. The van der Waals surface area contributed by atoms with Gasteiger partial charge in [-0.15, -0.1) is 0 Å². The Morgan fingerprint density at radius 3 is 2.67 bits per heavy atom. The number of hydrogen-bond acceptors (Lipinski definition) is 3. The van der Waals surface area contributed by atoms with Gasteiger partial charge in [0.05, 0.1) is 16.3 Å². The molecule has 2 aromatic carbocycles. The van der Waals surface area contributed by atoms with E-state index in [2.05, 4.69) is 21.2 Å². The summed E-state index contributed by atoms with van der Waals surface area (Å²) in [6, 6.07) is 15.8. The molecule has 0 saturated heterocycles. The predicted molar refractivity (Wildman–Crippen MR) is 97.2 cm³/mol. The van der Waals surface area contributed by atoms with Crippen molar-refractivity contribution < 1.29 is 14.3 Å². The SMILES string of the molecule is O=C(Nc1cc(-c2ccc(CO)o2)ccc1Cl)c1ccccc1Br. The van der Waals surface area contributed by atoms with Crippen molar-refractivity contribution in [3.05, 3.63) is 75.4 Å². The number of carbonyl (C=O) groups excluding carboxylic acids is 1. The van der Waals surface area contributed by atoms with Gasteiger partial charge in [-0.3, -0.25) is 4.79 Å². The minimum Gasteiger partial charge on any atom is -0.459 e. The maximum absolute atomic E-state index is 12.4. The summed E-state index contributed by atoms with van der Waals surface area (Å²) < 4.78 is 6.21. The lowest BCUT2D eigenvalue weighted by molar-refractivity contribution is 0.102. The van der Waals surface area contributed by atoms with Crippen LogP contribution in [0.25, 0.3) is 11.3 Å². The van der Waals surface area contributed by atoms with Crippen molar-refractivity contribution in [1.82, 2.24) is 0 Å². The summed E-state index contributed by atoms with van der Waals surface area (Å²) >= 11 is 9.55. The average Bonchev–Trinajstić information content (AvgIpc) is 3.06. The molecule has 1 aromatic heterocycles. The molecule has 24 heavy (non-hydrogen) atoms. The highest BCUT2D eigenvalue weighted by atomic mass is 79.9. The third-order valence-electron chi connectivity index (χ3n) is 3.44. The molecule has 1 amide bonds. The van der Waals surface area contributed by atoms with Crippen LogP contribution in [0.3, 0.4) is 0 Å². The van der Waals surface area contributed by atoms with Gasteiger partial charge in [0.1, 0.15) is 18.1 Å². The molecule has 0 atom stereocenters. The zero-order valence-corrected chi connectivity index (χ0v) is 14.8. The Hall–Kier alpha value is -2.08. The first-order chi connectivity index (χ1) is 11.6. The summed E-state index contributed by atoms with van der Waals surface area (Å²) in [5, 5.41) is 12.3. The van der Waals surface area contributed by atoms with Crippen LogP contribution in [0.2, 0.25) is 5.02 Å². The summed E-state index contributed by atoms with van der Waals surface area (Å²) in [6.07, 6.45) is 0. The van der Waals surface area contributed by atoms with Gasteiger partial charge in [-0.1, -0.05) is 23.7 Å². The molecule has 0 fully saturated rings. The number of benzene rings is 2. The molecule has 0 aliphatic heterocycles. The standard InChI is InChI=1S/C18H13BrClNO3/c19-14-4-2-1-3-13(14)18(23)21-16-9-11(5-7-15(16)20)17-8-6-12(10-22)24-17/h1-9,22H,10H2,(H,21,23). The van der Waals surface area contributed by atoms with E-state index in [1.165, 1.54) is 0 Å². The van der Waals surface area contributed by atoms with Crippen LogP contribution >= 0.6 is 27.5 Å². The Balaban J connectivity index is 1.89. The highest BCUT2D eigenvalue weighted by molar-refractivity contribution is 9.10. The van der Waals surface area contributed by atoms with Gasteiger partial charge in [-0.2, -0.15) is 0 Å². The largest absolute Gasteiger partial charge is 0.459 e. The first kappa shape index (κ1) is 16.8. The minimum atomic E-state index is -0.267. The first-order valence-electron chi connectivity index (χ1n) is 7.14. The second-order valence-corrected chi connectivity index (χ2v) is 6.31. The summed E-state index contributed by atoms with van der Waals surface area (Å²) in [6.45, 7) is -0.167. The lowest BCUT2D eigenvalue weighted by atomic mass is 10.1. The van der Waals surface area contributed by atoms with E-state index in [4.69, 9.17) is 21.1 Å². The van der Waals surface area contributed by atoms with Gasteiger partial charge in [0.25, 0.3) is 5.91 Å². The molecule has 0 aliphatic carbocycles. The molecule has 2 N–H and O–H groups in total. The van der Waals surface area contributed by atoms with E-state index >= 15 is 0 Å². The number of aliphatic hydroxyl groups is 1. The molecule has 3 aromatic rings. The molecule has 0 spiro atoms. The van der Waals surface area contributed by atoms with E-state index in [1.54, 1.807) is 48.5 Å². The van der Waals surface area contributed by atoms with Crippen LogP contribution in [0.15, 0.2) is 63.5 Å². The topological polar surface area (TPSA) is 62.5 Å². The van der Waals surface area contributed by atoms with Crippen LogP contribution in [-0.4, -0.2) is 11.0 Å². The number of aliphatic hydroxyl groups excluding tert-OH is 1. The third-order valence-corrected chi connectivity index (χ3v) is 4.46. The van der Waals surface area contributed by atoms with Gasteiger partial charge < -0.3 is 14.8 Å². The summed E-state index contributed by atoms with van der Waals surface area (Å²) in [4.78, 5) is 12.4. The summed E-state index contributed by atoms with van der Waals surface area (Å²) in [5.41, 5.74) is 1.75. The van der Waals surface area contributed by atoms with Crippen molar-refractivity contribution in [2.24, 2.45) is 0 Å². The molecule has 122 valence electrons. The molecule has 0 saturated carbocycles. The number of amides is 1. The van der Waals surface area contributed by atoms with Crippen molar-refractivity contribution in [2.75, 3.05) is 5.32 Å². The predicted octanol–water partition coefficient (Wildman–Crippen LogP) is 5.11. The highest BCUT2D eigenvalue weighted by Gasteiger charge is 2.13. The van der Waals surface area contributed by atoms with E-state index in [1.807, 2.05) is 6.07 Å². The van der Waals surface area contributed by atoms with Crippen LogP contribution in [-0.2, 0) is 6.61 Å². The van der Waals surface area contributed by atoms with E-state index in [0.717, 1.165) is 5.56 Å². The van der Waals surface area contributed by atoms with E-state index in [-0.39, 0.29) is 12.5 Å². The van der Waals surface area contributed by atoms with E-state index in [9.17, 15) is 4.79 Å². The highest BCUT2D eigenvalue weighted by Crippen LogP contribution is 2.30. The third kappa shape index (κ3) is 3.53. The number of furan rings is 1. The molecule has 1 heterocycles. The van der Waals surface area contributed by atoms with Gasteiger partial charge in [-0.05, 0) is 58.4 Å². The molecule has 4 nitrogen and oxygen atoms in total. The Labute approximate surface area is 152 Å². The van der Waals surface area contributed by atoms with Crippen LogP contribution in [0.1, 0.15) is 16.1 Å². The number of anilines is 1. The molecular formula is C18H13BrClNO3. The quantitative estimate of drug-likeness (QED) is 0.633. The van der Waals surface area contributed by atoms with Gasteiger partial charge in [0.15, 0.2) is 0 Å². The number of rotatable bonds is 4. The second-order valence-electron chi connectivity index (χ2n) is 5.05. The maximum Gasteiger partial charge on any atom is 0.256 e. The van der Waals surface area contributed by atoms with Gasteiger partial charge >= 0.3 is 0 Å². The lowest BCUT2D eigenvalue weighted by Crippen LogP contribution is -2.12. The Bertz CT molecular complexity index is 891. The van der Waals surface area contributed by atoms with E-state index in [0.29, 0.717) is 32.3 Å². The fraction of sp³-hybridized carbons (Fsp3) is 0.0556. The smallest absolute Gasteiger partial charge is 0.256 e. The average molecular weight is 407 g/mol. The van der Waals surface area contributed by atoms with E-state index < -0.39 is 0 Å². The first-order valence-corrected chi connectivity index (χ1v) is 8.31. The number of nitrogens with one attached hydrogen (secondary N) is 1. The fourth-order valence-corrected chi connectivity index (χ4v) is 2.86. The second kappa shape index (κ2) is 7.21. The fourth-order valence-electron chi connectivity index (χ4n) is 2.23. The zero-order valence-electron chi connectivity index (χ0n) is 12.4. The van der Waals surface area contributed by atoms with Gasteiger partial charge in [0.2, 0.25) is 0 Å². The summed E-state index contributed by atoms with van der Waals surface area (Å²) in [7, 11) is 0. The Morgan fingerprint density at radius 2 is 1.96 bits per heavy atom. The lowest BCUT2D eigenvalue weighted by Gasteiger charge is -2.10. The normalized spacial score (nSPS) is 10.6.